The second-order valence-electron chi connectivity index (χ2n) is 8.57. The number of esters is 3. The van der Waals surface area contributed by atoms with Crippen LogP contribution in [0.1, 0.15) is 62.9 Å². The molecule has 1 N–H and O–H groups in total. The molecule has 0 aromatic heterocycles. The van der Waals surface area contributed by atoms with Crippen LogP contribution < -0.4 is 0 Å². The third kappa shape index (κ3) is 5.50. The molecule has 170 valence electrons. The largest absolute Gasteiger partial charge is 0.465 e. The van der Waals surface area contributed by atoms with Crippen molar-refractivity contribution in [2.24, 2.45) is 11.8 Å². The molecule has 0 bridgehead atoms. The normalized spacial score (nSPS) is 26.0. The van der Waals surface area contributed by atoms with Gasteiger partial charge in [0.1, 0.15) is 5.92 Å². The van der Waals surface area contributed by atoms with E-state index in [0.29, 0.717) is 5.56 Å². The van der Waals surface area contributed by atoms with Crippen molar-refractivity contribution in [3.8, 4) is 0 Å². The number of ether oxygens (including phenoxy) is 3. The molecule has 1 fully saturated rings. The van der Waals surface area contributed by atoms with Crippen LogP contribution in [0.15, 0.2) is 24.3 Å². The summed E-state index contributed by atoms with van der Waals surface area (Å²) in [5.74, 6) is -6.06. The zero-order chi connectivity index (χ0) is 23.5. The Labute approximate surface area is 181 Å². The maximum atomic E-state index is 13.0. The molecule has 1 aliphatic rings. The summed E-state index contributed by atoms with van der Waals surface area (Å²) in [4.78, 5) is 50.6. The van der Waals surface area contributed by atoms with E-state index in [1.165, 1.54) is 38.3 Å². The minimum absolute atomic E-state index is 0.266. The van der Waals surface area contributed by atoms with Gasteiger partial charge >= 0.3 is 17.9 Å². The Morgan fingerprint density at radius 3 is 2.00 bits per heavy atom. The van der Waals surface area contributed by atoms with Gasteiger partial charge < -0.3 is 19.3 Å². The van der Waals surface area contributed by atoms with Crippen LogP contribution in [-0.2, 0) is 28.6 Å². The first-order valence-electron chi connectivity index (χ1n) is 10.2. The molecule has 0 amide bonds. The molecule has 0 unspecified atom stereocenters. The van der Waals surface area contributed by atoms with Crippen molar-refractivity contribution in [2.45, 2.75) is 64.8 Å². The van der Waals surface area contributed by atoms with Crippen LogP contribution in [0.2, 0.25) is 0 Å². The van der Waals surface area contributed by atoms with E-state index >= 15 is 0 Å². The molecule has 1 saturated carbocycles. The van der Waals surface area contributed by atoms with Gasteiger partial charge in [0, 0.05) is 12.3 Å². The highest BCUT2D eigenvalue weighted by atomic mass is 16.5. The number of rotatable bonds is 6. The number of methoxy groups -OCH3 is 1. The Kier molecular flexibility index (Phi) is 7.59. The maximum absolute atomic E-state index is 13.0. The van der Waals surface area contributed by atoms with E-state index in [1.807, 2.05) is 0 Å². The van der Waals surface area contributed by atoms with Crippen molar-refractivity contribution in [1.29, 1.82) is 0 Å². The van der Waals surface area contributed by atoms with Gasteiger partial charge in [0.25, 0.3) is 0 Å². The van der Waals surface area contributed by atoms with Gasteiger partial charge in [-0.05, 0) is 52.3 Å². The van der Waals surface area contributed by atoms with E-state index in [1.54, 1.807) is 27.7 Å². The number of Topliss-reactive ketones (excluding diaryl/α,β-unsaturated/α-hetero) is 1. The summed E-state index contributed by atoms with van der Waals surface area (Å²) in [5.41, 5.74) is -1.04. The molecule has 4 atom stereocenters. The van der Waals surface area contributed by atoms with Crippen molar-refractivity contribution in [3.05, 3.63) is 35.4 Å². The van der Waals surface area contributed by atoms with Crippen molar-refractivity contribution in [2.75, 3.05) is 7.11 Å². The van der Waals surface area contributed by atoms with Crippen molar-refractivity contribution < 1.29 is 38.5 Å². The van der Waals surface area contributed by atoms with Crippen LogP contribution in [0.5, 0.6) is 0 Å². The quantitative estimate of drug-likeness (QED) is 0.412. The SMILES string of the molecule is COC(=O)c1ccc([C@@H]2[C@H](C(=O)OC(C)C)C(=O)C[C@](C)(O)[C@H]2C(=O)OC(C)C)cc1. The van der Waals surface area contributed by atoms with E-state index in [0.717, 1.165) is 0 Å². The van der Waals surface area contributed by atoms with E-state index in [2.05, 4.69) is 0 Å². The van der Waals surface area contributed by atoms with Crippen molar-refractivity contribution in [3.63, 3.8) is 0 Å². The molecule has 1 aromatic rings. The van der Waals surface area contributed by atoms with Crippen molar-refractivity contribution in [1.82, 2.24) is 0 Å². The fourth-order valence-corrected chi connectivity index (χ4v) is 3.99. The molecule has 2 rings (SSSR count). The van der Waals surface area contributed by atoms with E-state index in [-0.39, 0.29) is 12.0 Å². The predicted molar refractivity (Wildman–Crippen MR) is 110 cm³/mol. The van der Waals surface area contributed by atoms with Gasteiger partial charge in [-0.25, -0.2) is 4.79 Å². The summed E-state index contributed by atoms with van der Waals surface area (Å²) in [7, 11) is 1.25. The highest BCUT2D eigenvalue weighted by Gasteiger charge is 2.57. The molecule has 0 saturated heterocycles. The summed E-state index contributed by atoms with van der Waals surface area (Å²) in [6, 6.07) is 6.03. The smallest absolute Gasteiger partial charge is 0.337 e. The number of carbonyl (C=O) groups is 4. The lowest BCUT2D eigenvalue weighted by molar-refractivity contribution is -0.176. The minimum Gasteiger partial charge on any atom is -0.465 e. The first kappa shape index (κ1) is 24.5. The monoisotopic (exact) mass is 434 g/mol. The van der Waals surface area contributed by atoms with Crippen LogP contribution in [0.4, 0.5) is 0 Å². The van der Waals surface area contributed by atoms with Crippen molar-refractivity contribution >= 4 is 23.7 Å². The maximum Gasteiger partial charge on any atom is 0.337 e. The molecule has 1 aromatic carbocycles. The molecule has 0 heterocycles. The highest BCUT2D eigenvalue weighted by molar-refractivity contribution is 6.03. The summed E-state index contributed by atoms with van der Waals surface area (Å²) >= 11 is 0. The molecule has 1 aliphatic carbocycles. The lowest BCUT2D eigenvalue weighted by Gasteiger charge is -2.44. The van der Waals surface area contributed by atoms with E-state index in [9.17, 15) is 24.3 Å². The van der Waals surface area contributed by atoms with Crippen LogP contribution in [0.3, 0.4) is 0 Å². The van der Waals surface area contributed by atoms with E-state index < -0.39 is 59.3 Å². The van der Waals surface area contributed by atoms with Gasteiger partial charge in [-0.3, -0.25) is 14.4 Å². The number of hydrogen-bond donors (Lipinski definition) is 1. The van der Waals surface area contributed by atoms with Gasteiger partial charge in [0.05, 0.1) is 36.4 Å². The Hall–Kier alpha value is -2.74. The third-order valence-corrected chi connectivity index (χ3v) is 5.20. The Balaban J connectivity index is 2.61. The summed E-state index contributed by atoms with van der Waals surface area (Å²) in [5, 5.41) is 11.0. The van der Waals surface area contributed by atoms with Gasteiger partial charge in [0.2, 0.25) is 0 Å². The lowest BCUT2D eigenvalue weighted by Crippen LogP contribution is -2.55. The topological polar surface area (TPSA) is 116 Å². The summed E-state index contributed by atoms with van der Waals surface area (Å²) < 4.78 is 15.4. The first-order chi connectivity index (χ1) is 14.4. The van der Waals surface area contributed by atoms with Gasteiger partial charge in [-0.15, -0.1) is 0 Å². The van der Waals surface area contributed by atoms with Crippen LogP contribution in [0.25, 0.3) is 0 Å². The standard InChI is InChI=1S/C23H30O8/c1-12(2)30-21(26)18-16(24)11-23(5,28)19(22(27)31-13(3)4)17(18)14-7-9-15(10-8-14)20(25)29-6/h7-10,12-13,17-19,28H,11H2,1-6H3/t17-,18-,19-,23+/m1/s1. The average Bonchev–Trinajstić information content (AvgIpc) is 2.64. The molecule has 0 aliphatic heterocycles. The zero-order valence-corrected chi connectivity index (χ0v) is 18.7. The summed E-state index contributed by atoms with van der Waals surface area (Å²) in [6.07, 6.45) is -1.31. The fourth-order valence-electron chi connectivity index (χ4n) is 3.99. The van der Waals surface area contributed by atoms with Gasteiger partial charge in [-0.2, -0.15) is 0 Å². The van der Waals surface area contributed by atoms with Crippen LogP contribution in [-0.4, -0.2) is 53.7 Å². The first-order valence-corrected chi connectivity index (χ1v) is 10.2. The Morgan fingerprint density at radius 1 is 1.00 bits per heavy atom. The number of ketones is 1. The zero-order valence-electron chi connectivity index (χ0n) is 18.7. The van der Waals surface area contributed by atoms with E-state index in [4.69, 9.17) is 14.2 Å². The van der Waals surface area contributed by atoms with Gasteiger partial charge in [-0.1, -0.05) is 12.1 Å². The third-order valence-electron chi connectivity index (χ3n) is 5.20. The van der Waals surface area contributed by atoms with Crippen LogP contribution >= 0.6 is 0 Å². The minimum atomic E-state index is -1.73. The molecule has 0 spiro atoms. The average molecular weight is 434 g/mol. The van der Waals surface area contributed by atoms with Crippen LogP contribution in [0, 0.1) is 11.8 Å². The number of aliphatic hydroxyl groups is 1. The molecule has 0 radical (unpaired) electrons. The number of benzene rings is 1. The second-order valence-corrected chi connectivity index (χ2v) is 8.57. The summed E-state index contributed by atoms with van der Waals surface area (Å²) in [6.45, 7) is 8.05. The Morgan fingerprint density at radius 2 is 1.52 bits per heavy atom. The highest BCUT2D eigenvalue weighted by Crippen LogP contribution is 2.47. The fraction of sp³-hybridized carbons (Fsp3) is 0.565. The molecular formula is C23H30O8. The number of hydrogen-bond acceptors (Lipinski definition) is 8. The predicted octanol–water partition coefficient (Wildman–Crippen LogP) is 2.42. The molecule has 8 heteroatoms. The number of carbonyl (C=O) groups excluding carboxylic acids is 4. The van der Waals surface area contributed by atoms with Gasteiger partial charge in [0.15, 0.2) is 5.78 Å². The Bertz CT molecular complexity index is 830. The molecule has 31 heavy (non-hydrogen) atoms. The second kappa shape index (κ2) is 9.60. The molecule has 8 nitrogen and oxygen atoms in total. The lowest BCUT2D eigenvalue weighted by atomic mass is 9.61. The molecular weight excluding hydrogens is 404 g/mol.